The molecule has 26 heavy (non-hydrogen) atoms. The Morgan fingerprint density at radius 1 is 1.15 bits per heavy atom. The van der Waals surface area contributed by atoms with E-state index < -0.39 is 23.4 Å². The number of fused-ring (bicyclic) bond motifs is 1. The fraction of sp³-hybridized carbons (Fsp3) is 0.300. The highest BCUT2D eigenvalue weighted by molar-refractivity contribution is 6.02. The van der Waals surface area contributed by atoms with Crippen LogP contribution in [0.25, 0.3) is 0 Å². The van der Waals surface area contributed by atoms with Gasteiger partial charge in [-0.25, -0.2) is 9.18 Å². The standard InChI is InChI=1S/C20H21FN2O3/c1-20(2,3)26-19(25)23-12-16(15-9-4-5-10-17(15)23)18(24)22-14-8-6-7-13(21)11-14/h4-11,16H,12H2,1-3H3,(H,22,24). The predicted octanol–water partition coefficient (Wildman–Crippen LogP) is 4.30. The molecule has 1 aliphatic rings. The number of ether oxygens (including phenoxy) is 1. The first-order chi connectivity index (χ1) is 12.2. The Labute approximate surface area is 151 Å². The number of nitrogens with zero attached hydrogens (tertiary/aromatic N) is 1. The van der Waals surface area contributed by atoms with E-state index in [0.29, 0.717) is 11.4 Å². The molecule has 136 valence electrons. The van der Waals surface area contributed by atoms with Crippen molar-refractivity contribution in [2.24, 2.45) is 0 Å². The van der Waals surface area contributed by atoms with Crippen LogP contribution in [-0.4, -0.2) is 24.1 Å². The Kier molecular flexibility index (Phi) is 4.68. The van der Waals surface area contributed by atoms with Crippen LogP contribution in [0, 0.1) is 5.82 Å². The Hall–Kier alpha value is -2.89. The Bertz CT molecular complexity index is 845. The molecule has 0 spiro atoms. The van der Waals surface area contributed by atoms with Crippen molar-refractivity contribution in [3.8, 4) is 0 Å². The minimum atomic E-state index is -0.631. The number of amides is 2. The first-order valence-corrected chi connectivity index (χ1v) is 8.40. The van der Waals surface area contributed by atoms with E-state index in [9.17, 15) is 14.0 Å². The lowest BCUT2D eigenvalue weighted by atomic mass is 10.0. The average Bonchev–Trinajstić information content (AvgIpc) is 2.93. The smallest absolute Gasteiger partial charge is 0.414 e. The maximum absolute atomic E-state index is 13.3. The summed E-state index contributed by atoms with van der Waals surface area (Å²) in [5.74, 6) is -1.28. The third-order valence-electron chi connectivity index (χ3n) is 3.99. The van der Waals surface area contributed by atoms with Crippen LogP contribution in [0.1, 0.15) is 32.3 Å². The molecule has 0 fully saturated rings. The molecule has 3 rings (SSSR count). The molecule has 6 heteroatoms. The summed E-state index contributed by atoms with van der Waals surface area (Å²) in [6.07, 6.45) is -0.494. The van der Waals surface area contributed by atoms with Gasteiger partial charge in [0.1, 0.15) is 11.4 Å². The SMILES string of the molecule is CC(C)(C)OC(=O)N1CC(C(=O)Nc2cccc(F)c2)c2ccccc21. The fourth-order valence-electron chi connectivity index (χ4n) is 2.92. The van der Waals surface area contributed by atoms with Crippen LogP contribution in [0.2, 0.25) is 0 Å². The van der Waals surface area contributed by atoms with Gasteiger partial charge in [0.25, 0.3) is 0 Å². The Balaban J connectivity index is 1.83. The summed E-state index contributed by atoms with van der Waals surface area (Å²) in [7, 11) is 0. The van der Waals surface area contributed by atoms with Crippen LogP contribution in [-0.2, 0) is 9.53 Å². The lowest BCUT2D eigenvalue weighted by Gasteiger charge is -2.25. The van der Waals surface area contributed by atoms with Crippen LogP contribution in [0.5, 0.6) is 0 Å². The molecular weight excluding hydrogens is 335 g/mol. The molecule has 1 heterocycles. The second kappa shape index (κ2) is 6.78. The molecule has 5 nitrogen and oxygen atoms in total. The topological polar surface area (TPSA) is 58.6 Å². The van der Waals surface area contributed by atoms with Crippen LogP contribution in [0.3, 0.4) is 0 Å². The summed E-state index contributed by atoms with van der Waals surface area (Å²) in [6.45, 7) is 5.55. The largest absolute Gasteiger partial charge is 0.443 e. The quantitative estimate of drug-likeness (QED) is 0.873. The zero-order valence-corrected chi connectivity index (χ0v) is 15.0. The summed E-state index contributed by atoms with van der Waals surface area (Å²) < 4.78 is 18.8. The number of halogens is 1. The van der Waals surface area contributed by atoms with E-state index in [1.807, 2.05) is 18.2 Å². The molecule has 0 saturated heterocycles. The second-order valence-electron chi connectivity index (χ2n) is 7.20. The van der Waals surface area contributed by atoms with Gasteiger partial charge in [-0.1, -0.05) is 24.3 Å². The van der Waals surface area contributed by atoms with E-state index in [1.165, 1.54) is 23.1 Å². The molecule has 1 unspecified atom stereocenters. The van der Waals surface area contributed by atoms with Gasteiger partial charge < -0.3 is 10.1 Å². The molecule has 0 aliphatic carbocycles. The van der Waals surface area contributed by atoms with E-state index in [1.54, 1.807) is 32.9 Å². The zero-order chi connectivity index (χ0) is 18.9. The van der Waals surface area contributed by atoms with Gasteiger partial charge >= 0.3 is 6.09 Å². The number of para-hydroxylation sites is 1. The van der Waals surface area contributed by atoms with Gasteiger partial charge in [-0.05, 0) is 50.6 Å². The van der Waals surface area contributed by atoms with E-state index in [-0.39, 0.29) is 12.5 Å². The van der Waals surface area contributed by atoms with Gasteiger partial charge in [0.15, 0.2) is 0 Å². The monoisotopic (exact) mass is 356 g/mol. The van der Waals surface area contributed by atoms with Crippen LogP contribution in [0.15, 0.2) is 48.5 Å². The number of benzene rings is 2. The van der Waals surface area contributed by atoms with Crippen LogP contribution in [0.4, 0.5) is 20.6 Å². The second-order valence-corrected chi connectivity index (χ2v) is 7.20. The van der Waals surface area contributed by atoms with Gasteiger partial charge in [0, 0.05) is 12.2 Å². The highest BCUT2D eigenvalue weighted by Gasteiger charge is 2.38. The molecule has 1 aliphatic heterocycles. The van der Waals surface area contributed by atoms with Gasteiger partial charge in [0.2, 0.25) is 5.91 Å². The minimum absolute atomic E-state index is 0.176. The molecule has 2 aromatic rings. The van der Waals surface area contributed by atoms with Gasteiger partial charge in [-0.3, -0.25) is 9.69 Å². The molecule has 0 radical (unpaired) electrons. The van der Waals surface area contributed by atoms with Crippen molar-refractivity contribution in [3.63, 3.8) is 0 Å². The van der Waals surface area contributed by atoms with Crippen molar-refractivity contribution in [2.75, 3.05) is 16.8 Å². The van der Waals surface area contributed by atoms with E-state index in [0.717, 1.165) is 5.56 Å². The summed E-state index contributed by atoms with van der Waals surface area (Å²) in [4.78, 5) is 26.7. The van der Waals surface area contributed by atoms with Gasteiger partial charge in [-0.2, -0.15) is 0 Å². The molecule has 0 saturated carbocycles. The van der Waals surface area contributed by atoms with Gasteiger partial charge in [-0.15, -0.1) is 0 Å². The number of carbonyl (C=O) groups excluding carboxylic acids is 2. The lowest BCUT2D eigenvalue weighted by Crippen LogP contribution is -2.37. The van der Waals surface area contributed by atoms with Gasteiger partial charge in [0.05, 0.1) is 11.6 Å². The molecule has 2 amide bonds. The van der Waals surface area contributed by atoms with Crippen molar-refractivity contribution in [2.45, 2.75) is 32.3 Å². The van der Waals surface area contributed by atoms with E-state index in [2.05, 4.69) is 5.32 Å². The van der Waals surface area contributed by atoms with E-state index >= 15 is 0 Å². The first kappa shape index (κ1) is 17.9. The highest BCUT2D eigenvalue weighted by atomic mass is 19.1. The third kappa shape index (κ3) is 3.85. The number of rotatable bonds is 2. The highest BCUT2D eigenvalue weighted by Crippen LogP contribution is 2.37. The molecule has 0 aromatic heterocycles. The maximum Gasteiger partial charge on any atom is 0.414 e. The summed E-state index contributed by atoms with van der Waals surface area (Å²) in [5, 5.41) is 2.72. The average molecular weight is 356 g/mol. The van der Waals surface area contributed by atoms with Crippen molar-refractivity contribution >= 4 is 23.4 Å². The number of nitrogens with one attached hydrogen (secondary N) is 1. The summed E-state index contributed by atoms with van der Waals surface area (Å²) in [5.41, 5.74) is 1.14. The van der Waals surface area contributed by atoms with Crippen molar-refractivity contribution in [1.82, 2.24) is 0 Å². The fourth-order valence-corrected chi connectivity index (χ4v) is 2.92. The number of hydrogen-bond acceptors (Lipinski definition) is 3. The maximum atomic E-state index is 13.3. The van der Waals surface area contributed by atoms with Crippen LogP contribution < -0.4 is 10.2 Å². The lowest BCUT2D eigenvalue weighted by molar-refractivity contribution is -0.117. The Morgan fingerprint density at radius 3 is 2.58 bits per heavy atom. The van der Waals surface area contributed by atoms with Crippen molar-refractivity contribution in [1.29, 1.82) is 0 Å². The van der Waals surface area contributed by atoms with Crippen molar-refractivity contribution in [3.05, 3.63) is 59.9 Å². The Morgan fingerprint density at radius 2 is 1.88 bits per heavy atom. The summed E-state index contributed by atoms with van der Waals surface area (Å²) in [6, 6.07) is 12.9. The van der Waals surface area contributed by atoms with E-state index in [4.69, 9.17) is 4.74 Å². The summed E-state index contributed by atoms with van der Waals surface area (Å²) >= 11 is 0. The van der Waals surface area contributed by atoms with Crippen LogP contribution >= 0.6 is 0 Å². The number of carbonyl (C=O) groups is 2. The molecule has 1 N–H and O–H groups in total. The molecule has 1 atom stereocenters. The van der Waals surface area contributed by atoms with Crippen molar-refractivity contribution < 1.29 is 18.7 Å². The third-order valence-corrected chi connectivity index (χ3v) is 3.99. The number of hydrogen-bond donors (Lipinski definition) is 1. The predicted molar refractivity (Wildman–Crippen MR) is 97.8 cm³/mol. The normalized spacial score (nSPS) is 16.2. The molecule has 2 aromatic carbocycles. The zero-order valence-electron chi connectivity index (χ0n) is 15.0. The number of anilines is 2. The molecular formula is C20H21FN2O3. The molecule has 0 bridgehead atoms. The minimum Gasteiger partial charge on any atom is -0.443 e. The first-order valence-electron chi connectivity index (χ1n) is 8.40.